The molecule has 0 atom stereocenters. The van der Waals surface area contributed by atoms with Gasteiger partial charge in [0.05, 0.1) is 23.5 Å². The highest BCUT2D eigenvalue weighted by Gasteiger charge is 2.10. The van der Waals surface area contributed by atoms with Gasteiger partial charge in [0.25, 0.3) is 0 Å². The number of nitrogens with one attached hydrogen (secondary N) is 1. The number of ether oxygens (including phenoxy) is 1. The Morgan fingerprint density at radius 2 is 2.21 bits per heavy atom. The molecule has 2 rings (SSSR count). The third-order valence-corrected chi connectivity index (χ3v) is 3.38. The van der Waals surface area contributed by atoms with Crippen LogP contribution in [0.5, 0.6) is 5.88 Å². The molecule has 19 heavy (non-hydrogen) atoms. The third-order valence-electron chi connectivity index (χ3n) is 2.89. The zero-order chi connectivity index (χ0) is 13.8. The largest absolute Gasteiger partial charge is 0.481 e. The van der Waals surface area contributed by atoms with E-state index < -0.39 is 0 Å². The number of rotatable bonds is 5. The maximum absolute atomic E-state index is 6.19. The second-order valence-corrected chi connectivity index (χ2v) is 4.66. The van der Waals surface area contributed by atoms with Crippen molar-refractivity contribution in [2.45, 2.75) is 20.0 Å². The van der Waals surface area contributed by atoms with Crippen molar-refractivity contribution in [3.05, 3.63) is 40.3 Å². The molecular weight excluding hydrogens is 264 g/mol. The standard InChI is InChI=1S/C13H17ClN4O/c1-9-13(14)11(18(2)17-9)8-15-7-10-4-5-16-12(6-10)19-3/h4-6,15H,7-8H2,1-3H3. The number of hydrogen-bond acceptors (Lipinski definition) is 4. The van der Waals surface area contributed by atoms with Gasteiger partial charge in [-0.05, 0) is 18.6 Å². The topological polar surface area (TPSA) is 52.0 Å². The summed E-state index contributed by atoms with van der Waals surface area (Å²) in [6.07, 6.45) is 1.73. The van der Waals surface area contributed by atoms with Crippen molar-refractivity contribution in [3.63, 3.8) is 0 Å². The van der Waals surface area contributed by atoms with Gasteiger partial charge in [0.1, 0.15) is 0 Å². The van der Waals surface area contributed by atoms with Gasteiger partial charge >= 0.3 is 0 Å². The van der Waals surface area contributed by atoms with Gasteiger partial charge in [0.2, 0.25) is 5.88 Å². The van der Waals surface area contributed by atoms with Crippen LogP contribution in [0.15, 0.2) is 18.3 Å². The molecule has 0 unspecified atom stereocenters. The van der Waals surface area contributed by atoms with Gasteiger partial charge in [-0.15, -0.1) is 0 Å². The van der Waals surface area contributed by atoms with Crippen LogP contribution in [0.1, 0.15) is 17.0 Å². The fourth-order valence-electron chi connectivity index (χ4n) is 1.87. The molecule has 1 N–H and O–H groups in total. The van der Waals surface area contributed by atoms with E-state index in [1.54, 1.807) is 18.0 Å². The second-order valence-electron chi connectivity index (χ2n) is 4.28. The van der Waals surface area contributed by atoms with Gasteiger partial charge < -0.3 is 10.1 Å². The van der Waals surface area contributed by atoms with Crippen LogP contribution in [0.4, 0.5) is 0 Å². The third kappa shape index (κ3) is 3.24. The molecule has 0 fully saturated rings. The lowest BCUT2D eigenvalue weighted by Gasteiger charge is -2.07. The van der Waals surface area contributed by atoms with E-state index in [1.807, 2.05) is 26.1 Å². The number of aromatic nitrogens is 3. The van der Waals surface area contributed by atoms with Gasteiger partial charge in [0.15, 0.2) is 0 Å². The molecule has 0 saturated heterocycles. The molecule has 2 heterocycles. The molecule has 0 saturated carbocycles. The predicted molar refractivity (Wildman–Crippen MR) is 74.3 cm³/mol. The van der Waals surface area contributed by atoms with Crippen molar-refractivity contribution in [3.8, 4) is 5.88 Å². The van der Waals surface area contributed by atoms with E-state index in [2.05, 4.69) is 15.4 Å². The highest BCUT2D eigenvalue weighted by molar-refractivity contribution is 6.31. The Balaban J connectivity index is 1.96. The monoisotopic (exact) mass is 280 g/mol. The van der Waals surface area contributed by atoms with Gasteiger partial charge in [-0.3, -0.25) is 4.68 Å². The zero-order valence-electron chi connectivity index (χ0n) is 11.3. The molecule has 0 aromatic carbocycles. The summed E-state index contributed by atoms with van der Waals surface area (Å²) >= 11 is 6.19. The summed E-state index contributed by atoms with van der Waals surface area (Å²) < 4.78 is 6.89. The Bertz CT molecular complexity index is 568. The maximum atomic E-state index is 6.19. The lowest BCUT2D eigenvalue weighted by atomic mass is 10.2. The molecule has 2 aromatic heterocycles. The Labute approximate surface area is 117 Å². The van der Waals surface area contributed by atoms with E-state index in [0.29, 0.717) is 12.4 Å². The first-order valence-corrected chi connectivity index (χ1v) is 6.37. The second kappa shape index (κ2) is 6.04. The van der Waals surface area contributed by atoms with E-state index in [1.165, 1.54) is 0 Å². The molecule has 0 aliphatic heterocycles. The van der Waals surface area contributed by atoms with Crippen molar-refractivity contribution in [2.24, 2.45) is 7.05 Å². The molecule has 6 heteroatoms. The van der Waals surface area contributed by atoms with E-state index in [-0.39, 0.29) is 0 Å². The first-order valence-electron chi connectivity index (χ1n) is 5.99. The first kappa shape index (κ1) is 13.8. The molecule has 0 spiro atoms. The smallest absolute Gasteiger partial charge is 0.213 e. The highest BCUT2D eigenvalue weighted by atomic mass is 35.5. The fourth-order valence-corrected chi connectivity index (χ4v) is 2.10. The van der Waals surface area contributed by atoms with Crippen LogP contribution in [-0.2, 0) is 20.1 Å². The van der Waals surface area contributed by atoms with Gasteiger partial charge in [0, 0.05) is 32.4 Å². The summed E-state index contributed by atoms with van der Waals surface area (Å²) in [4.78, 5) is 4.07. The van der Waals surface area contributed by atoms with E-state index in [0.717, 1.165) is 28.5 Å². The van der Waals surface area contributed by atoms with Crippen molar-refractivity contribution in [1.29, 1.82) is 0 Å². The summed E-state index contributed by atoms with van der Waals surface area (Å²) in [6, 6.07) is 3.86. The summed E-state index contributed by atoms with van der Waals surface area (Å²) in [5, 5.41) is 8.34. The number of hydrogen-bond donors (Lipinski definition) is 1. The van der Waals surface area contributed by atoms with Gasteiger partial charge in [-0.1, -0.05) is 11.6 Å². The van der Waals surface area contributed by atoms with Gasteiger partial charge in [-0.2, -0.15) is 5.10 Å². The van der Waals surface area contributed by atoms with Crippen molar-refractivity contribution < 1.29 is 4.74 Å². The zero-order valence-corrected chi connectivity index (χ0v) is 12.0. The van der Waals surface area contributed by atoms with E-state index >= 15 is 0 Å². The summed E-state index contributed by atoms with van der Waals surface area (Å²) in [7, 11) is 3.50. The normalized spacial score (nSPS) is 10.7. The lowest BCUT2D eigenvalue weighted by Crippen LogP contribution is -2.15. The van der Waals surface area contributed by atoms with Crippen molar-refractivity contribution in [1.82, 2.24) is 20.1 Å². The SMILES string of the molecule is COc1cc(CNCc2c(Cl)c(C)nn2C)ccn1. The summed E-state index contributed by atoms with van der Waals surface area (Å²) in [6.45, 7) is 3.29. The van der Waals surface area contributed by atoms with Gasteiger partial charge in [-0.25, -0.2) is 4.98 Å². The minimum absolute atomic E-state index is 0.619. The molecular formula is C13H17ClN4O. The molecule has 0 aliphatic rings. The highest BCUT2D eigenvalue weighted by Crippen LogP contribution is 2.19. The van der Waals surface area contributed by atoms with Crippen LogP contribution in [0.2, 0.25) is 5.02 Å². The Kier molecular flexibility index (Phi) is 4.39. The quantitative estimate of drug-likeness (QED) is 0.911. The molecule has 0 radical (unpaired) electrons. The molecule has 0 aliphatic carbocycles. The maximum Gasteiger partial charge on any atom is 0.213 e. The van der Waals surface area contributed by atoms with E-state index in [4.69, 9.17) is 16.3 Å². The number of nitrogens with zero attached hydrogens (tertiary/aromatic N) is 3. The lowest BCUT2D eigenvalue weighted by molar-refractivity contribution is 0.397. The van der Waals surface area contributed by atoms with Crippen LogP contribution in [0, 0.1) is 6.92 Å². The van der Waals surface area contributed by atoms with Crippen LogP contribution in [0.3, 0.4) is 0 Å². The average Bonchev–Trinajstić information content (AvgIpc) is 2.65. The summed E-state index contributed by atoms with van der Waals surface area (Å²) in [5.74, 6) is 0.619. The van der Waals surface area contributed by atoms with E-state index in [9.17, 15) is 0 Å². The van der Waals surface area contributed by atoms with Crippen molar-refractivity contribution in [2.75, 3.05) is 7.11 Å². The predicted octanol–water partition coefficient (Wildman–Crippen LogP) is 2.08. The molecule has 0 bridgehead atoms. The van der Waals surface area contributed by atoms with Crippen LogP contribution < -0.4 is 10.1 Å². The Hall–Kier alpha value is -1.59. The Morgan fingerprint density at radius 3 is 2.84 bits per heavy atom. The van der Waals surface area contributed by atoms with Crippen LogP contribution in [0.25, 0.3) is 0 Å². The number of methoxy groups -OCH3 is 1. The van der Waals surface area contributed by atoms with Crippen LogP contribution >= 0.6 is 11.6 Å². The minimum Gasteiger partial charge on any atom is -0.481 e. The average molecular weight is 281 g/mol. The summed E-state index contributed by atoms with van der Waals surface area (Å²) in [5.41, 5.74) is 2.95. The molecule has 2 aromatic rings. The fraction of sp³-hybridized carbons (Fsp3) is 0.385. The molecule has 5 nitrogen and oxygen atoms in total. The Morgan fingerprint density at radius 1 is 1.42 bits per heavy atom. The van der Waals surface area contributed by atoms with Crippen LogP contribution in [-0.4, -0.2) is 21.9 Å². The number of pyridine rings is 1. The molecule has 0 amide bonds. The minimum atomic E-state index is 0.619. The molecule has 102 valence electrons. The number of aryl methyl sites for hydroxylation is 2. The first-order chi connectivity index (χ1) is 9.11. The number of halogens is 1. The van der Waals surface area contributed by atoms with Crippen molar-refractivity contribution >= 4 is 11.6 Å².